The van der Waals surface area contributed by atoms with Crippen molar-refractivity contribution in [2.24, 2.45) is 0 Å². The number of carbonyl (C=O) groups excluding carboxylic acids is 2. The van der Waals surface area contributed by atoms with Gasteiger partial charge < -0.3 is 10.1 Å². The van der Waals surface area contributed by atoms with Crippen LogP contribution in [-0.2, 0) is 4.79 Å². The first kappa shape index (κ1) is 16.7. The Labute approximate surface area is 146 Å². The molecule has 1 amide bonds. The summed E-state index contributed by atoms with van der Waals surface area (Å²) in [5, 5.41) is 4.98. The molecule has 1 N–H and O–H groups in total. The Bertz CT molecular complexity index is 916. The average Bonchev–Trinajstić information content (AvgIpc) is 2.62. The average molecular weight is 333 g/mol. The van der Waals surface area contributed by atoms with Gasteiger partial charge in [-0.1, -0.05) is 30.3 Å². The lowest BCUT2D eigenvalue weighted by atomic mass is 10.1. The van der Waals surface area contributed by atoms with E-state index in [0.29, 0.717) is 17.0 Å². The second-order valence-electron chi connectivity index (χ2n) is 5.89. The Morgan fingerprint density at radius 3 is 2.28 bits per heavy atom. The van der Waals surface area contributed by atoms with Gasteiger partial charge in [0.1, 0.15) is 5.75 Å². The van der Waals surface area contributed by atoms with E-state index in [0.717, 1.165) is 10.8 Å². The summed E-state index contributed by atoms with van der Waals surface area (Å²) in [6.07, 6.45) is -0.645. The summed E-state index contributed by atoms with van der Waals surface area (Å²) in [4.78, 5) is 23.6. The quantitative estimate of drug-likeness (QED) is 0.702. The number of ether oxygens (including phenoxy) is 1. The molecule has 3 aromatic rings. The van der Waals surface area contributed by atoms with E-state index >= 15 is 0 Å². The number of rotatable bonds is 5. The van der Waals surface area contributed by atoms with Crippen LogP contribution in [0.15, 0.2) is 66.7 Å². The lowest BCUT2D eigenvalue weighted by Crippen LogP contribution is -2.30. The summed E-state index contributed by atoms with van der Waals surface area (Å²) in [5.41, 5.74) is 1.24. The van der Waals surface area contributed by atoms with Crippen LogP contribution < -0.4 is 10.1 Å². The smallest absolute Gasteiger partial charge is 0.265 e. The summed E-state index contributed by atoms with van der Waals surface area (Å²) in [7, 11) is 0. The molecular weight excluding hydrogens is 314 g/mol. The molecule has 4 nitrogen and oxygen atoms in total. The molecule has 0 fully saturated rings. The predicted molar refractivity (Wildman–Crippen MR) is 99.1 cm³/mol. The largest absolute Gasteiger partial charge is 0.481 e. The Balaban J connectivity index is 1.66. The van der Waals surface area contributed by atoms with Crippen LogP contribution in [0.4, 0.5) is 5.69 Å². The first-order valence-electron chi connectivity index (χ1n) is 8.10. The topological polar surface area (TPSA) is 55.4 Å². The van der Waals surface area contributed by atoms with Crippen LogP contribution in [0.2, 0.25) is 0 Å². The van der Waals surface area contributed by atoms with Crippen LogP contribution in [0.5, 0.6) is 5.75 Å². The molecular formula is C21H19NO3. The lowest BCUT2D eigenvalue weighted by molar-refractivity contribution is -0.122. The molecule has 0 saturated carbocycles. The molecule has 1 atom stereocenters. The van der Waals surface area contributed by atoms with E-state index in [1.807, 2.05) is 42.5 Å². The van der Waals surface area contributed by atoms with Gasteiger partial charge in [-0.2, -0.15) is 0 Å². The number of hydrogen-bond donors (Lipinski definition) is 1. The lowest BCUT2D eigenvalue weighted by Gasteiger charge is -2.15. The second-order valence-corrected chi connectivity index (χ2v) is 5.89. The molecule has 25 heavy (non-hydrogen) atoms. The fourth-order valence-corrected chi connectivity index (χ4v) is 2.53. The van der Waals surface area contributed by atoms with E-state index in [2.05, 4.69) is 5.32 Å². The van der Waals surface area contributed by atoms with E-state index in [9.17, 15) is 9.59 Å². The van der Waals surface area contributed by atoms with Crippen molar-refractivity contribution in [1.82, 2.24) is 0 Å². The minimum absolute atomic E-state index is 0.00844. The van der Waals surface area contributed by atoms with E-state index in [1.54, 1.807) is 31.2 Å². The number of nitrogens with one attached hydrogen (secondary N) is 1. The van der Waals surface area contributed by atoms with Crippen molar-refractivity contribution in [3.8, 4) is 5.75 Å². The Morgan fingerprint density at radius 1 is 0.920 bits per heavy atom. The van der Waals surface area contributed by atoms with Gasteiger partial charge in [-0.3, -0.25) is 9.59 Å². The number of carbonyl (C=O) groups is 2. The molecule has 126 valence electrons. The highest BCUT2D eigenvalue weighted by Gasteiger charge is 2.15. The van der Waals surface area contributed by atoms with Gasteiger partial charge in [-0.25, -0.2) is 0 Å². The van der Waals surface area contributed by atoms with E-state index in [1.165, 1.54) is 6.92 Å². The van der Waals surface area contributed by atoms with Crippen LogP contribution >= 0.6 is 0 Å². The minimum Gasteiger partial charge on any atom is -0.481 e. The zero-order valence-electron chi connectivity index (χ0n) is 14.2. The molecule has 3 aromatic carbocycles. The summed E-state index contributed by atoms with van der Waals surface area (Å²) in [6.45, 7) is 3.21. The molecule has 0 unspecified atom stereocenters. The van der Waals surface area contributed by atoms with Gasteiger partial charge in [0.05, 0.1) is 0 Å². The van der Waals surface area contributed by atoms with Crippen molar-refractivity contribution >= 4 is 28.2 Å². The zero-order chi connectivity index (χ0) is 17.8. The molecule has 0 aromatic heterocycles. The maximum atomic E-state index is 12.3. The van der Waals surface area contributed by atoms with Crippen molar-refractivity contribution in [2.45, 2.75) is 20.0 Å². The Hall–Kier alpha value is -3.14. The van der Waals surface area contributed by atoms with Gasteiger partial charge in [-0.05, 0) is 61.0 Å². The molecule has 4 heteroatoms. The molecule has 0 spiro atoms. The number of amides is 1. The molecule has 0 aliphatic rings. The van der Waals surface area contributed by atoms with Crippen molar-refractivity contribution in [3.05, 3.63) is 72.3 Å². The molecule has 0 saturated heterocycles. The molecule has 0 bridgehead atoms. The zero-order valence-corrected chi connectivity index (χ0v) is 14.2. The SMILES string of the molecule is CC(=O)c1ccc(NC(=O)[C@@H](C)Oc2ccc3ccccc3c2)cc1. The normalized spacial score (nSPS) is 11.8. The van der Waals surface area contributed by atoms with Crippen LogP contribution in [0.25, 0.3) is 10.8 Å². The van der Waals surface area contributed by atoms with E-state index in [-0.39, 0.29) is 11.7 Å². The fraction of sp³-hybridized carbons (Fsp3) is 0.143. The van der Waals surface area contributed by atoms with E-state index < -0.39 is 6.10 Å². The summed E-state index contributed by atoms with van der Waals surface area (Å²) >= 11 is 0. The van der Waals surface area contributed by atoms with E-state index in [4.69, 9.17) is 4.74 Å². The highest BCUT2D eigenvalue weighted by Crippen LogP contribution is 2.21. The standard InChI is InChI=1S/C21H19NO3/c1-14(23)16-7-10-19(11-8-16)22-21(24)15(2)25-20-12-9-17-5-3-4-6-18(17)13-20/h3-13,15H,1-2H3,(H,22,24)/t15-/m1/s1. The second kappa shape index (κ2) is 7.18. The molecule has 0 aliphatic carbocycles. The van der Waals surface area contributed by atoms with Gasteiger partial charge >= 0.3 is 0 Å². The highest BCUT2D eigenvalue weighted by molar-refractivity contribution is 5.96. The van der Waals surface area contributed by atoms with Gasteiger partial charge in [0.15, 0.2) is 11.9 Å². The predicted octanol–water partition coefficient (Wildman–Crippen LogP) is 4.45. The minimum atomic E-state index is -0.645. The van der Waals surface area contributed by atoms with Crippen LogP contribution in [-0.4, -0.2) is 17.8 Å². The van der Waals surface area contributed by atoms with Crippen molar-refractivity contribution in [1.29, 1.82) is 0 Å². The van der Waals surface area contributed by atoms with Gasteiger partial charge in [0, 0.05) is 11.3 Å². The van der Waals surface area contributed by atoms with Gasteiger partial charge in [-0.15, -0.1) is 0 Å². The summed E-state index contributed by atoms with van der Waals surface area (Å²) < 4.78 is 5.75. The summed E-state index contributed by atoms with van der Waals surface area (Å²) in [5.74, 6) is 0.392. The molecule has 0 heterocycles. The molecule has 3 rings (SSSR count). The number of ketones is 1. The van der Waals surface area contributed by atoms with Crippen LogP contribution in [0, 0.1) is 0 Å². The number of fused-ring (bicyclic) bond motifs is 1. The van der Waals surface area contributed by atoms with Crippen LogP contribution in [0.3, 0.4) is 0 Å². The Morgan fingerprint density at radius 2 is 1.60 bits per heavy atom. The summed E-state index contributed by atoms with van der Waals surface area (Å²) in [6, 6.07) is 20.5. The first-order valence-corrected chi connectivity index (χ1v) is 8.10. The third-order valence-corrected chi connectivity index (χ3v) is 3.96. The number of hydrogen-bond acceptors (Lipinski definition) is 3. The molecule has 0 radical (unpaired) electrons. The first-order chi connectivity index (χ1) is 12.0. The van der Waals surface area contributed by atoms with Crippen LogP contribution in [0.1, 0.15) is 24.2 Å². The third-order valence-electron chi connectivity index (χ3n) is 3.96. The van der Waals surface area contributed by atoms with Gasteiger partial charge in [0.25, 0.3) is 5.91 Å². The fourth-order valence-electron chi connectivity index (χ4n) is 2.53. The maximum Gasteiger partial charge on any atom is 0.265 e. The Kier molecular flexibility index (Phi) is 4.80. The molecule has 0 aliphatic heterocycles. The van der Waals surface area contributed by atoms with Crippen molar-refractivity contribution < 1.29 is 14.3 Å². The van der Waals surface area contributed by atoms with Crippen molar-refractivity contribution in [2.75, 3.05) is 5.32 Å². The van der Waals surface area contributed by atoms with Gasteiger partial charge in [0.2, 0.25) is 0 Å². The maximum absolute atomic E-state index is 12.3. The number of Topliss-reactive ketones (excluding diaryl/α,β-unsaturated/α-hetero) is 1. The monoisotopic (exact) mass is 333 g/mol. The number of benzene rings is 3. The third kappa shape index (κ3) is 4.04. The number of anilines is 1. The highest BCUT2D eigenvalue weighted by atomic mass is 16.5. The van der Waals surface area contributed by atoms with Crippen molar-refractivity contribution in [3.63, 3.8) is 0 Å².